The summed E-state index contributed by atoms with van der Waals surface area (Å²) in [4.78, 5) is 7.90. The number of nitrogens with zero attached hydrogens (tertiary/aromatic N) is 2. The second kappa shape index (κ2) is 4.83. The number of aryl methyl sites for hydroxylation is 1. The first-order valence-corrected chi connectivity index (χ1v) is 4.17. The fourth-order valence-corrected chi connectivity index (χ4v) is 1.04. The van der Waals surface area contributed by atoms with Crippen LogP contribution in [0.4, 0.5) is 0 Å². The van der Waals surface area contributed by atoms with E-state index in [0.717, 1.165) is 6.42 Å². The Bertz CT molecular complexity index is 184. The second-order valence-corrected chi connectivity index (χ2v) is 2.70. The second-order valence-electron chi connectivity index (χ2n) is 2.70. The van der Waals surface area contributed by atoms with E-state index >= 15 is 0 Å². The van der Waals surface area contributed by atoms with E-state index in [2.05, 4.69) is 16.9 Å². The molecule has 0 aromatic carbocycles. The van der Waals surface area contributed by atoms with Crippen molar-refractivity contribution < 1.29 is 0 Å². The minimum absolute atomic E-state index is 1.12. The molecular formula is C9H14N2. The first-order valence-electron chi connectivity index (χ1n) is 4.17. The van der Waals surface area contributed by atoms with E-state index in [-0.39, 0.29) is 0 Å². The van der Waals surface area contributed by atoms with E-state index in [1.165, 1.54) is 24.8 Å². The van der Waals surface area contributed by atoms with Crippen LogP contribution in [0.15, 0.2) is 18.7 Å². The number of unbranched alkanes of at least 4 members (excludes halogenated alkanes) is 2. The highest BCUT2D eigenvalue weighted by atomic mass is 14.8. The van der Waals surface area contributed by atoms with Crippen LogP contribution >= 0.6 is 0 Å². The lowest BCUT2D eigenvalue weighted by Gasteiger charge is -1.96. The topological polar surface area (TPSA) is 25.8 Å². The Morgan fingerprint density at radius 3 is 2.55 bits per heavy atom. The summed E-state index contributed by atoms with van der Waals surface area (Å²) in [5, 5.41) is 0. The molecule has 0 unspecified atom stereocenters. The number of hydrogen-bond acceptors (Lipinski definition) is 2. The van der Waals surface area contributed by atoms with Gasteiger partial charge in [-0.15, -0.1) is 0 Å². The third-order valence-electron chi connectivity index (χ3n) is 1.68. The van der Waals surface area contributed by atoms with E-state index in [1.54, 1.807) is 6.33 Å². The normalized spacial score (nSPS) is 9.91. The first kappa shape index (κ1) is 8.18. The molecule has 2 nitrogen and oxygen atoms in total. The van der Waals surface area contributed by atoms with E-state index in [4.69, 9.17) is 0 Å². The molecule has 2 heteroatoms. The van der Waals surface area contributed by atoms with Gasteiger partial charge in [-0.2, -0.15) is 0 Å². The third kappa shape index (κ3) is 3.12. The van der Waals surface area contributed by atoms with Crippen molar-refractivity contribution in [1.82, 2.24) is 9.97 Å². The van der Waals surface area contributed by atoms with Crippen molar-refractivity contribution in [2.24, 2.45) is 0 Å². The zero-order valence-electron chi connectivity index (χ0n) is 6.95. The molecule has 0 fully saturated rings. The van der Waals surface area contributed by atoms with Gasteiger partial charge in [0.1, 0.15) is 6.33 Å². The lowest BCUT2D eigenvalue weighted by atomic mass is 10.1. The maximum absolute atomic E-state index is 3.95. The largest absolute Gasteiger partial charge is 0.245 e. The van der Waals surface area contributed by atoms with Crippen molar-refractivity contribution in [1.29, 1.82) is 0 Å². The Hall–Kier alpha value is -0.920. The van der Waals surface area contributed by atoms with Gasteiger partial charge < -0.3 is 0 Å². The van der Waals surface area contributed by atoms with Crippen LogP contribution in [-0.4, -0.2) is 9.97 Å². The molecule has 0 aliphatic carbocycles. The maximum atomic E-state index is 3.95. The van der Waals surface area contributed by atoms with E-state index < -0.39 is 0 Å². The highest BCUT2D eigenvalue weighted by Crippen LogP contribution is 2.02. The van der Waals surface area contributed by atoms with Crippen LogP contribution in [-0.2, 0) is 6.42 Å². The van der Waals surface area contributed by atoms with E-state index in [0.29, 0.717) is 0 Å². The molecule has 1 heterocycles. The highest BCUT2D eigenvalue weighted by Gasteiger charge is 1.90. The molecule has 60 valence electrons. The molecule has 0 N–H and O–H groups in total. The van der Waals surface area contributed by atoms with Crippen molar-refractivity contribution >= 4 is 0 Å². The Labute approximate surface area is 67.7 Å². The minimum atomic E-state index is 1.12. The van der Waals surface area contributed by atoms with Gasteiger partial charge in [0.2, 0.25) is 0 Å². The molecule has 11 heavy (non-hydrogen) atoms. The van der Waals surface area contributed by atoms with Gasteiger partial charge in [0.25, 0.3) is 0 Å². The van der Waals surface area contributed by atoms with Crippen molar-refractivity contribution in [2.75, 3.05) is 0 Å². The maximum Gasteiger partial charge on any atom is 0.115 e. The molecule has 0 aliphatic rings. The molecule has 1 aromatic heterocycles. The van der Waals surface area contributed by atoms with Crippen molar-refractivity contribution in [3.05, 3.63) is 24.3 Å². The highest BCUT2D eigenvalue weighted by molar-refractivity contribution is 5.01. The monoisotopic (exact) mass is 150 g/mol. The summed E-state index contributed by atoms with van der Waals surface area (Å²) in [6.07, 6.45) is 10.3. The van der Waals surface area contributed by atoms with Crippen molar-refractivity contribution in [3.8, 4) is 0 Å². The van der Waals surface area contributed by atoms with Crippen LogP contribution in [0.2, 0.25) is 0 Å². The fraction of sp³-hybridized carbons (Fsp3) is 0.556. The van der Waals surface area contributed by atoms with Crippen LogP contribution < -0.4 is 0 Å². The SMILES string of the molecule is CCCCCc1cncnc1. The summed E-state index contributed by atoms with van der Waals surface area (Å²) in [5.41, 5.74) is 1.25. The molecule has 0 saturated carbocycles. The summed E-state index contributed by atoms with van der Waals surface area (Å²) < 4.78 is 0. The first-order chi connectivity index (χ1) is 5.43. The van der Waals surface area contributed by atoms with Gasteiger partial charge in [-0.1, -0.05) is 19.8 Å². The smallest absolute Gasteiger partial charge is 0.115 e. The lowest BCUT2D eigenvalue weighted by molar-refractivity contribution is 0.714. The van der Waals surface area contributed by atoms with Crippen LogP contribution in [0.1, 0.15) is 31.7 Å². The van der Waals surface area contributed by atoms with Gasteiger partial charge in [0.15, 0.2) is 0 Å². The Balaban J connectivity index is 2.28. The van der Waals surface area contributed by atoms with Crippen LogP contribution in [0.5, 0.6) is 0 Å². The van der Waals surface area contributed by atoms with Gasteiger partial charge in [-0.05, 0) is 18.4 Å². The van der Waals surface area contributed by atoms with Crippen molar-refractivity contribution in [3.63, 3.8) is 0 Å². The Kier molecular flexibility index (Phi) is 3.59. The van der Waals surface area contributed by atoms with Gasteiger partial charge >= 0.3 is 0 Å². The van der Waals surface area contributed by atoms with Gasteiger partial charge in [-0.3, -0.25) is 0 Å². The van der Waals surface area contributed by atoms with Crippen molar-refractivity contribution in [2.45, 2.75) is 32.6 Å². The summed E-state index contributed by atoms with van der Waals surface area (Å²) in [6, 6.07) is 0. The van der Waals surface area contributed by atoms with Crippen LogP contribution in [0, 0.1) is 0 Å². The number of aromatic nitrogens is 2. The predicted molar refractivity (Wildman–Crippen MR) is 45.3 cm³/mol. The number of hydrogen-bond donors (Lipinski definition) is 0. The molecule has 0 radical (unpaired) electrons. The van der Waals surface area contributed by atoms with Gasteiger partial charge in [0, 0.05) is 12.4 Å². The standard InChI is InChI=1S/C9H14N2/c1-2-3-4-5-9-6-10-8-11-7-9/h6-8H,2-5H2,1H3. The zero-order valence-corrected chi connectivity index (χ0v) is 6.95. The average Bonchev–Trinajstić information content (AvgIpc) is 2.07. The van der Waals surface area contributed by atoms with Crippen LogP contribution in [0.3, 0.4) is 0 Å². The molecule has 1 aromatic rings. The zero-order chi connectivity index (χ0) is 7.94. The molecular weight excluding hydrogens is 136 g/mol. The van der Waals surface area contributed by atoms with Gasteiger partial charge in [0.05, 0.1) is 0 Å². The molecule has 0 bridgehead atoms. The number of rotatable bonds is 4. The fourth-order valence-electron chi connectivity index (χ4n) is 1.04. The summed E-state index contributed by atoms with van der Waals surface area (Å²) in [5.74, 6) is 0. The molecule has 1 rings (SSSR count). The molecule has 0 amide bonds. The molecule has 0 saturated heterocycles. The minimum Gasteiger partial charge on any atom is -0.245 e. The average molecular weight is 150 g/mol. The summed E-state index contributed by atoms with van der Waals surface area (Å²) in [6.45, 7) is 2.21. The molecule has 0 aliphatic heterocycles. The molecule has 0 atom stereocenters. The summed E-state index contributed by atoms with van der Waals surface area (Å²) >= 11 is 0. The predicted octanol–water partition coefficient (Wildman–Crippen LogP) is 2.21. The van der Waals surface area contributed by atoms with Gasteiger partial charge in [-0.25, -0.2) is 9.97 Å². The van der Waals surface area contributed by atoms with E-state index in [1.807, 2.05) is 12.4 Å². The lowest BCUT2D eigenvalue weighted by Crippen LogP contribution is -1.87. The quantitative estimate of drug-likeness (QED) is 0.615. The molecule has 0 spiro atoms. The van der Waals surface area contributed by atoms with E-state index in [9.17, 15) is 0 Å². The summed E-state index contributed by atoms with van der Waals surface area (Å²) in [7, 11) is 0. The van der Waals surface area contributed by atoms with Crippen LogP contribution in [0.25, 0.3) is 0 Å². The Morgan fingerprint density at radius 1 is 1.18 bits per heavy atom. The third-order valence-corrected chi connectivity index (χ3v) is 1.68. The Morgan fingerprint density at radius 2 is 1.91 bits per heavy atom.